The second kappa shape index (κ2) is 7.40. The molecule has 0 aromatic carbocycles. The van der Waals surface area contributed by atoms with Gasteiger partial charge in [0.2, 0.25) is 5.88 Å². The molecule has 0 unspecified atom stereocenters. The highest BCUT2D eigenvalue weighted by molar-refractivity contribution is 6.01. The summed E-state index contributed by atoms with van der Waals surface area (Å²) in [6.07, 6.45) is 5.19. The van der Waals surface area contributed by atoms with Crippen LogP contribution in [0.15, 0.2) is 14.6 Å². The van der Waals surface area contributed by atoms with E-state index in [0.717, 1.165) is 32.1 Å². The molecule has 0 saturated heterocycles. The molecule has 1 saturated carbocycles. The maximum Gasteiger partial charge on any atom is 0.331 e. The van der Waals surface area contributed by atoms with Crippen LogP contribution in [-0.2, 0) is 0 Å². The minimum Gasteiger partial charge on any atom is -0.494 e. The largest absolute Gasteiger partial charge is 0.494 e. The van der Waals surface area contributed by atoms with Crippen LogP contribution >= 0.6 is 0 Å². The minimum atomic E-state index is -0.631. The SMILES string of the molecule is CCC(=NCCO)c1c(O)n(C2CCCCC2)c(=O)[nH]c1=O. The zero-order chi connectivity index (χ0) is 16.1. The number of aliphatic imine (C=N–C) groups is 1. The molecule has 0 bridgehead atoms. The predicted octanol–water partition coefficient (Wildman–Crippen LogP) is 0.939. The van der Waals surface area contributed by atoms with Crippen LogP contribution in [0, 0.1) is 0 Å². The third kappa shape index (κ3) is 3.30. The number of nitrogens with one attached hydrogen (secondary N) is 1. The Morgan fingerprint density at radius 3 is 2.59 bits per heavy atom. The van der Waals surface area contributed by atoms with E-state index in [2.05, 4.69) is 9.98 Å². The molecule has 7 heteroatoms. The van der Waals surface area contributed by atoms with Gasteiger partial charge in [-0.2, -0.15) is 0 Å². The van der Waals surface area contributed by atoms with E-state index in [1.807, 2.05) is 6.92 Å². The summed E-state index contributed by atoms with van der Waals surface area (Å²) in [5.74, 6) is -0.306. The highest BCUT2D eigenvalue weighted by Crippen LogP contribution is 2.30. The van der Waals surface area contributed by atoms with Crippen molar-refractivity contribution in [3.05, 3.63) is 26.4 Å². The number of aliphatic hydroxyl groups excluding tert-OH is 1. The van der Waals surface area contributed by atoms with E-state index in [9.17, 15) is 14.7 Å². The minimum absolute atomic E-state index is 0.0427. The average molecular weight is 309 g/mol. The molecule has 22 heavy (non-hydrogen) atoms. The molecule has 7 nitrogen and oxygen atoms in total. The van der Waals surface area contributed by atoms with E-state index < -0.39 is 11.2 Å². The number of hydrogen-bond donors (Lipinski definition) is 3. The van der Waals surface area contributed by atoms with Crippen LogP contribution < -0.4 is 11.2 Å². The summed E-state index contributed by atoms with van der Waals surface area (Å²) in [6.45, 7) is 1.83. The zero-order valence-corrected chi connectivity index (χ0v) is 12.8. The first kappa shape index (κ1) is 16.5. The van der Waals surface area contributed by atoms with Crippen molar-refractivity contribution < 1.29 is 10.2 Å². The maximum absolute atomic E-state index is 12.1. The summed E-state index contributed by atoms with van der Waals surface area (Å²) in [6, 6.07) is -0.0900. The molecule has 0 amide bonds. The number of aliphatic hydroxyl groups is 1. The monoisotopic (exact) mass is 309 g/mol. The second-order valence-corrected chi connectivity index (χ2v) is 5.53. The Bertz CT molecular complexity index is 654. The number of H-pyrrole nitrogens is 1. The van der Waals surface area contributed by atoms with Crippen molar-refractivity contribution >= 4 is 5.71 Å². The van der Waals surface area contributed by atoms with Crippen LogP contribution in [0.5, 0.6) is 5.88 Å². The van der Waals surface area contributed by atoms with Crippen molar-refractivity contribution in [2.45, 2.75) is 51.5 Å². The van der Waals surface area contributed by atoms with Gasteiger partial charge in [-0.25, -0.2) is 4.79 Å². The normalized spacial score (nSPS) is 16.9. The Balaban J connectivity index is 2.55. The van der Waals surface area contributed by atoms with Crippen molar-refractivity contribution in [2.75, 3.05) is 13.2 Å². The Hall–Kier alpha value is -1.89. The lowest BCUT2D eigenvalue weighted by atomic mass is 9.95. The lowest BCUT2D eigenvalue weighted by Crippen LogP contribution is -2.36. The fourth-order valence-corrected chi connectivity index (χ4v) is 3.03. The van der Waals surface area contributed by atoms with Crippen molar-refractivity contribution in [1.82, 2.24) is 9.55 Å². The van der Waals surface area contributed by atoms with Crippen molar-refractivity contribution in [3.8, 4) is 5.88 Å². The number of aromatic nitrogens is 2. The molecule has 1 aromatic rings. The summed E-state index contributed by atoms with van der Waals surface area (Å²) in [7, 11) is 0. The fraction of sp³-hybridized carbons (Fsp3) is 0.667. The summed E-state index contributed by atoms with van der Waals surface area (Å²) in [5, 5.41) is 19.4. The molecule has 0 spiro atoms. The van der Waals surface area contributed by atoms with E-state index in [1.54, 1.807) is 0 Å². The van der Waals surface area contributed by atoms with Gasteiger partial charge in [0.05, 0.1) is 18.9 Å². The summed E-state index contributed by atoms with van der Waals surface area (Å²) in [4.78, 5) is 30.6. The molecular weight excluding hydrogens is 286 g/mol. The molecule has 0 atom stereocenters. The van der Waals surface area contributed by atoms with Gasteiger partial charge in [-0.1, -0.05) is 26.2 Å². The lowest BCUT2D eigenvalue weighted by molar-refractivity contribution is 0.298. The van der Waals surface area contributed by atoms with Gasteiger partial charge in [0.15, 0.2) is 0 Å². The van der Waals surface area contributed by atoms with E-state index in [4.69, 9.17) is 5.11 Å². The Kier molecular flexibility index (Phi) is 5.54. The Morgan fingerprint density at radius 2 is 2.00 bits per heavy atom. The summed E-state index contributed by atoms with van der Waals surface area (Å²) < 4.78 is 1.29. The predicted molar refractivity (Wildman–Crippen MR) is 83.9 cm³/mol. The van der Waals surface area contributed by atoms with Gasteiger partial charge in [-0.3, -0.25) is 19.3 Å². The Labute approximate surface area is 128 Å². The molecule has 1 heterocycles. The topological polar surface area (TPSA) is 108 Å². The van der Waals surface area contributed by atoms with Gasteiger partial charge < -0.3 is 10.2 Å². The molecule has 2 rings (SSSR count). The number of hydrogen-bond acceptors (Lipinski definition) is 5. The van der Waals surface area contributed by atoms with E-state index in [-0.39, 0.29) is 30.6 Å². The molecule has 1 aliphatic carbocycles. The third-order valence-electron chi connectivity index (χ3n) is 4.08. The van der Waals surface area contributed by atoms with Crippen LogP contribution in [0.2, 0.25) is 0 Å². The van der Waals surface area contributed by atoms with Gasteiger partial charge in [0.25, 0.3) is 5.56 Å². The summed E-state index contributed by atoms with van der Waals surface area (Å²) in [5.41, 5.74) is -0.762. The lowest BCUT2D eigenvalue weighted by Gasteiger charge is -2.25. The molecule has 1 aromatic heterocycles. The van der Waals surface area contributed by atoms with E-state index in [0.29, 0.717) is 12.1 Å². The van der Waals surface area contributed by atoms with Gasteiger partial charge in [0.1, 0.15) is 5.56 Å². The van der Waals surface area contributed by atoms with Crippen LogP contribution in [0.25, 0.3) is 0 Å². The fourth-order valence-electron chi connectivity index (χ4n) is 3.03. The van der Waals surface area contributed by atoms with Crippen LogP contribution in [0.3, 0.4) is 0 Å². The number of aromatic amines is 1. The standard InChI is InChI=1S/C15H23N3O4/c1-2-11(16-8-9-19)12-13(20)17-15(22)18(14(12)21)10-6-4-3-5-7-10/h10,19,21H,2-9H2,1H3,(H,17,20,22). The molecule has 3 N–H and O–H groups in total. The Morgan fingerprint density at radius 1 is 1.32 bits per heavy atom. The third-order valence-corrected chi connectivity index (χ3v) is 4.08. The number of rotatable bonds is 5. The second-order valence-electron chi connectivity index (χ2n) is 5.53. The number of nitrogens with zero attached hydrogens (tertiary/aromatic N) is 2. The highest BCUT2D eigenvalue weighted by atomic mass is 16.3. The first-order valence-corrected chi connectivity index (χ1v) is 7.82. The van der Waals surface area contributed by atoms with Crippen LogP contribution in [0.1, 0.15) is 57.1 Å². The summed E-state index contributed by atoms with van der Waals surface area (Å²) >= 11 is 0. The molecule has 0 radical (unpaired) electrons. The van der Waals surface area contributed by atoms with E-state index >= 15 is 0 Å². The van der Waals surface area contributed by atoms with Crippen molar-refractivity contribution in [1.29, 1.82) is 0 Å². The first-order chi connectivity index (χ1) is 10.6. The quantitative estimate of drug-likeness (QED) is 0.703. The first-order valence-electron chi connectivity index (χ1n) is 7.82. The van der Waals surface area contributed by atoms with Gasteiger partial charge in [-0.15, -0.1) is 0 Å². The van der Waals surface area contributed by atoms with Gasteiger partial charge in [-0.05, 0) is 19.3 Å². The van der Waals surface area contributed by atoms with Gasteiger partial charge >= 0.3 is 5.69 Å². The smallest absolute Gasteiger partial charge is 0.331 e. The molecular formula is C15H23N3O4. The zero-order valence-electron chi connectivity index (χ0n) is 12.8. The number of aromatic hydroxyl groups is 1. The molecule has 1 fully saturated rings. The molecule has 122 valence electrons. The maximum atomic E-state index is 12.1. The molecule has 0 aliphatic heterocycles. The van der Waals surface area contributed by atoms with Crippen LogP contribution in [0.4, 0.5) is 0 Å². The average Bonchev–Trinajstić information content (AvgIpc) is 2.51. The van der Waals surface area contributed by atoms with Crippen molar-refractivity contribution in [3.63, 3.8) is 0 Å². The van der Waals surface area contributed by atoms with Crippen LogP contribution in [-0.4, -0.2) is 38.6 Å². The highest BCUT2D eigenvalue weighted by Gasteiger charge is 2.24. The van der Waals surface area contributed by atoms with E-state index in [1.165, 1.54) is 4.57 Å². The van der Waals surface area contributed by atoms with Gasteiger partial charge in [0, 0.05) is 6.04 Å². The van der Waals surface area contributed by atoms with Crippen molar-refractivity contribution in [2.24, 2.45) is 4.99 Å². The molecule has 1 aliphatic rings.